The number of aryl methyl sites for hydroxylation is 1. The first-order valence-electron chi connectivity index (χ1n) is 5.77. The summed E-state index contributed by atoms with van der Waals surface area (Å²) in [5.74, 6) is 0. The number of rotatable bonds is 2. The normalized spacial score (nSPS) is 13.8. The molecule has 0 fully saturated rings. The summed E-state index contributed by atoms with van der Waals surface area (Å²) in [6, 6.07) is 8.47. The fourth-order valence-corrected chi connectivity index (χ4v) is 2.05. The van der Waals surface area contributed by atoms with Crippen molar-refractivity contribution in [2.45, 2.75) is 25.6 Å². The van der Waals surface area contributed by atoms with E-state index in [1.165, 1.54) is 6.07 Å². The highest BCUT2D eigenvalue weighted by Gasteiger charge is 2.37. The minimum absolute atomic E-state index is 0.107. The number of benzene rings is 2. The van der Waals surface area contributed by atoms with Crippen LogP contribution < -0.4 is 5.73 Å². The zero-order valence-corrected chi connectivity index (χ0v) is 9.96. The van der Waals surface area contributed by atoms with Crippen LogP contribution in [0.3, 0.4) is 0 Å². The summed E-state index contributed by atoms with van der Waals surface area (Å²) in [6.45, 7) is 1.98. The first-order chi connectivity index (χ1) is 8.43. The van der Waals surface area contributed by atoms with Crippen LogP contribution in [0, 0.1) is 0 Å². The second-order valence-electron chi connectivity index (χ2n) is 4.27. The Kier molecular flexibility index (Phi) is 3.30. The number of fused-ring (bicyclic) bond motifs is 1. The largest absolute Gasteiger partial charge is 0.407 e. The van der Waals surface area contributed by atoms with E-state index in [1.807, 2.05) is 25.1 Å². The lowest BCUT2D eigenvalue weighted by atomic mass is 9.97. The van der Waals surface area contributed by atoms with Gasteiger partial charge < -0.3 is 5.73 Å². The summed E-state index contributed by atoms with van der Waals surface area (Å²) in [7, 11) is 0. The van der Waals surface area contributed by atoms with Gasteiger partial charge in [-0.1, -0.05) is 37.3 Å². The maximum atomic E-state index is 12.6. The van der Waals surface area contributed by atoms with Gasteiger partial charge in [-0.15, -0.1) is 0 Å². The summed E-state index contributed by atoms with van der Waals surface area (Å²) in [6.07, 6.45) is -3.63. The van der Waals surface area contributed by atoms with Crippen molar-refractivity contribution in [1.29, 1.82) is 0 Å². The van der Waals surface area contributed by atoms with E-state index in [2.05, 4.69) is 0 Å². The van der Waals surface area contributed by atoms with E-state index in [1.54, 1.807) is 12.1 Å². The smallest absolute Gasteiger partial charge is 0.316 e. The molecular formula is C14H14F3N. The summed E-state index contributed by atoms with van der Waals surface area (Å²) in [5.41, 5.74) is 6.37. The second-order valence-corrected chi connectivity index (χ2v) is 4.27. The van der Waals surface area contributed by atoms with Gasteiger partial charge in [0.25, 0.3) is 0 Å². The van der Waals surface area contributed by atoms with E-state index in [4.69, 9.17) is 5.73 Å². The third-order valence-electron chi connectivity index (χ3n) is 3.09. The van der Waals surface area contributed by atoms with Crippen molar-refractivity contribution in [3.63, 3.8) is 0 Å². The molecule has 1 nitrogen and oxygen atoms in total. The average molecular weight is 253 g/mol. The van der Waals surface area contributed by atoms with E-state index in [-0.39, 0.29) is 5.56 Å². The van der Waals surface area contributed by atoms with E-state index < -0.39 is 12.2 Å². The molecule has 18 heavy (non-hydrogen) atoms. The maximum absolute atomic E-state index is 12.6. The van der Waals surface area contributed by atoms with Gasteiger partial charge in [0.1, 0.15) is 6.04 Å². The molecule has 0 aliphatic carbocycles. The van der Waals surface area contributed by atoms with E-state index in [0.717, 1.165) is 22.8 Å². The van der Waals surface area contributed by atoms with Gasteiger partial charge in [0, 0.05) is 0 Å². The molecule has 0 amide bonds. The van der Waals surface area contributed by atoms with Crippen LogP contribution in [0.2, 0.25) is 0 Å². The van der Waals surface area contributed by atoms with Crippen molar-refractivity contribution >= 4 is 10.8 Å². The van der Waals surface area contributed by atoms with Crippen molar-refractivity contribution < 1.29 is 13.2 Å². The van der Waals surface area contributed by atoms with Crippen LogP contribution in [0.15, 0.2) is 36.4 Å². The standard InChI is InChI=1S/C14H14F3N/c1-2-9-4-3-5-10-6-7-11(8-12(9)10)13(18)14(15,16)17/h3-8,13H,2,18H2,1H3/t13-/m0/s1. The zero-order valence-electron chi connectivity index (χ0n) is 9.96. The molecule has 0 heterocycles. The SMILES string of the molecule is CCc1cccc2ccc([C@H](N)C(F)(F)F)cc12. The Labute approximate surface area is 103 Å². The van der Waals surface area contributed by atoms with Gasteiger partial charge in [0.15, 0.2) is 0 Å². The average Bonchev–Trinajstić information content (AvgIpc) is 2.35. The van der Waals surface area contributed by atoms with Crippen molar-refractivity contribution in [2.75, 3.05) is 0 Å². The molecule has 2 N–H and O–H groups in total. The highest BCUT2D eigenvalue weighted by molar-refractivity contribution is 5.86. The Morgan fingerprint density at radius 3 is 2.50 bits per heavy atom. The first kappa shape index (κ1) is 12.9. The van der Waals surface area contributed by atoms with Gasteiger partial charge in [-0.2, -0.15) is 13.2 Å². The number of nitrogens with two attached hydrogens (primary N) is 1. The molecular weight excluding hydrogens is 239 g/mol. The molecule has 0 spiro atoms. The summed E-state index contributed by atoms with van der Waals surface area (Å²) in [4.78, 5) is 0. The Morgan fingerprint density at radius 1 is 1.17 bits per heavy atom. The molecule has 0 radical (unpaired) electrons. The van der Waals surface area contributed by atoms with Crippen molar-refractivity contribution in [3.8, 4) is 0 Å². The first-order valence-corrected chi connectivity index (χ1v) is 5.77. The molecule has 0 bridgehead atoms. The lowest BCUT2D eigenvalue weighted by molar-refractivity contribution is -0.149. The molecule has 2 aromatic carbocycles. The molecule has 0 saturated heterocycles. The van der Waals surface area contributed by atoms with E-state index >= 15 is 0 Å². The quantitative estimate of drug-likeness (QED) is 0.861. The van der Waals surface area contributed by atoms with Gasteiger partial charge >= 0.3 is 6.18 Å². The van der Waals surface area contributed by atoms with Crippen molar-refractivity contribution in [2.24, 2.45) is 5.73 Å². The monoisotopic (exact) mass is 253 g/mol. The highest BCUT2D eigenvalue weighted by atomic mass is 19.4. The van der Waals surface area contributed by atoms with E-state index in [9.17, 15) is 13.2 Å². The number of alkyl halides is 3. The topological polar surface area (TPSA) is 26.0 Å². The van der Waals surface area contributed by atoms with Gasteiger partial charge in [-0.05, 0) is 34.4 Å². The molecule has 4 heteroatoms. The third kappa shape index (κ3) is 2.34. The molecule has 0 aliphatic rings. The summed E-state index contributed by atoms with van der Waals surface area (Å²) >= 11 is 0. The molecule has 2 aromatic rings. The number of halogens is 3. The Bertz CT molecular complexity index is 560. The molecule has 0 unspecified atom stereocenters. The van der Waals surface area contributed by atoms with Gasteiger partial charge in [-0.25, -0.2) is 0 Å². The van der Waals surface area contributed by atoms with Crippen LogP contribution in [0.25, 0.3) is 10.8 Å². The molecule has 2 rings (SSSR count). The molecule has 96 valence electrons. The molecule has 1 atom stereocenters. The highest BCUT2D eigenvalue weighted by Crippen LogP contribution is 2.32. The molecule has 0 aliphatic heterocycles. The fourth-order valence-electron chi connectivity index (χ4n) is 2.05. The predicted molar refractivity (Wildman–Crippen MR) is 66.3 cm³/mol. The van der Waals surface area contributed by atoms with Gasteiger partial charge in [0.2, 0.25) is 0 Å². The van der Waals surface area contributed by atoms with Crippen LogP contribution >= 0.6 is 0 Å². The Morgan fingerprint density at radius 2 is 1.89 bits per heavy atom. The second kappa shape index (κ2) is 4.61. The Hall–Kier alpha value is -1.55. The third-order valence-corrected chi connectivity index (χ3v) is 3.09. The minimum Gasteiger partial charge on any atom is -0.316 e. The molecule has 0 aromatic heterocycles. The summed E-state index contributed by atoms with van der Waals surface area (Å²) < 4.78 is 37.8. The lowest BCUT2D eigenvalue weighted by Gasteiger charge is -2.17. The van der Waals surface area contributed by atoms with Crippen LogP contribution in [0.1, 0.15) is 24.1 Å². The van der Waals surface area contributed by atoms with Gasteiger partial charge in [-0.3, -0.25) is 0 Å². The Balaban J connectivity index is 2.56. The van der Waals surface area contributed by atoms with Crippen LogP contribution in [0.5, 0.6) is 0 Å². The van der Waals surface area contributed by atoms with Crippen LogP contribution in [-0.2, 0) is 6.42 Å². The minimum atomic E-state index is -4.41. The predicted octanol–water partition coefficient (Wildman–Crippen LogP) is 3.96. The lowest BCUT2D eigenvalue weighted by Crippen LogP contribution is -2.28. The van der Waals surface area contributed by atoms with Crippen molar-refractivity contribution in [1.82, 2.24) is 0 Å². The van der Waals surface area contributed by atoms with E-state index in [0.29, 0.717) is 0 Å². The van der Waals surface area contributed by atoms with Crippen LogP contribution in [0.4, 0.5) is 13.2 Å². The molecule has 0 saturated carbocycles. The number of hydrogen-bond donors (Lipinski definition) is 1. The zero-order chi connectivity index (χ0) is 13.3. The fraction of sp³-hybridized carbons (Fsp3) is 0.286. The summed E-state index contributed by atoms with van der Waals surface area (Å²) in [5, 5.41) is 1.78. The maximum Gasteiger partial charge on any atom is 0.407 e. The van der Waals surface area contributed by atoms with Crippen molar-refractivity contribution in [3.05, 3.63) is 47.5 Å². The van der Waals surface area contributed by atoms with Gasteiger partial charge in [0.05, 0.1) is 0 Å². The van der Waals surface area contributed by atoms with Crippen LogP contribution in [-0.4, -0.2) is 6.18 Å². The number of hydrogen-bond acceptors (Lipinski definition) is 1.